The van der Waals surface area contributed by atoms with E-state index in [9.17, 15) is 0 Å². The zero-order valence-electron chi connectivity index (χ0n) is 9.59. The molecular formula is C13H24. The molecule has 2 aliphatic carbocycles. The molecule has 6 atom stereocenters. The molecule has 0 bridgehead atoms. The Kier molecular flexibility index (Phi) is 2.42. The van der Waals surface area contributed by atoms with E-state index in [1.807, 2.05) is 0 Å². The van der Waals surface area contributed by atoms with Crippen LogP contribution in [0.15, 0.2) is 0 Å². The SMILES string of the molecule is CCC(C)C1CC1C(C)C1CC1C. The van der Waals surface area contributed by atoms with Crippen molar-refractivity contribution in [1.29, 1.82) is 0 Å². The molecule has 0 aliphatic heterocycles. The van der Waals surface area contributed by atoms with E-state index >= 15 is 0 Å². The first-order chi connectivity index (χ1) is 6.15. The van der Waals surface area contributed by atoms with Gasteiger partial charge in [-0.25, -0.2) is 0 Å². The lowest BCUT2D eigenvalue weighted by molar-refractivity contribution is 0.360. The fourth-order valence-electron chi connectivity index (χ4n) is 3.20. The normalized spacial score (nSPS) is 47.1. The van der Waals surface area contributed by atoms with Gasteiger partial charge in [0, 0.05) is 0 Å². The minimum atomic E-state index is 0.988. The van der Waals surface area contributed by atoms with Crippen LogP contribution in [0.3, 0.4) is 0 Å². The van der Waals surface area contributed by atoms with Gasteiger partial charge in [-0.15, -0.1) is 0 Å². The summed E-state index contributed by atoms with van der Waals surface area (Å²) in [6.45, 7) is 9.70. The van der Waals surface area contributed by atoms with Crippen molar-refractivity contribution < 1.29 is 0 Å². The van der Waals surface area contributed by atoms with Gasteiger partial charge in [-0.05, 0) is 48.3 Å². The van der Waals surface area contributed by atoms with Crippen molar-refractivity contribution >= 4 is 0 Å². The smallest absolute Gasteiger partial charge is 0.0352 e. The molecule has 0 heterocycles. The average Bonchev–Trinajstić information content (AvgIpc) is 2.96. The summed E-state index contributed by atoms with van der Waals surface area (Å²) in [4.78, 5) is 0. The molecule has 0 spiro atoms. The van der Waals surface area contributed by atoms with Crippen molar-refractivity contribution in [2.24, 2.45) is 35.5 Å². The number of hydrogen-bond donors (Lipinski definition) is 0. The van der Waals surface area contributed by atoms with Gasteiger partial charge in [-0.1, -0.05) is 34.1 Å². The quantitative estimate of drug-likeness (QED) is 0.614. The topological polar surface area (TPSA) is 0 Å². The lowest BCUT2D eigenvalue weighted by Crippen LogP contribution is -2.06. The fraction of sp³-hybridized carbons (Fsp3) is 1.00. The highest BCUT2D eigenvalue weighted by atomic mass is 14.5. The zero-order valence-corrected chi connectivity index (χ0v) is 9.59. The summed E-state index contributed by atoms with van der Waals surface area (Å²) in [5.74, 6) is 6.36. The molecule has 76 valence electrons. The van der Waals surface area contributed by atoms with Crippen LogP contribution in [-0.2, 0) is 0 Å². The van der Waals surface area contributed by atoms with Crippen LogP contribution in [0.25, 0.3) is 0 Å². The summed E-state index contributed by atoms with van der Waals surface area (Å²) in [5.41, 5.74) is 0. The van der Waals surface area contributed by atoms with Crippen LogP contribution in [0.4, 0.5) is 0 Å². The third-order valence-electron chi connectivity index (χ3n) is 4.79. The van der Waals surface area contributed by atoms with E-state index in [1.165, 1.54) is 12.8 Å². The van der Waals surface area contributed by atoms with Crippen molar-refractivity contribution in [2.45, 2.75) is 47.0 Å². The van der Waals surface area contributed by atoms with Crippen molar-refractivity contribution in [3.63, 3.8) is 0 Å². The first-order valence-electron chi connectivity index (χ1n) is 6.15. The molecule has 0 radical (unpaired) electrons. The molecule has 0 nitrogen and oxygen atoms in total. The molecule has 0 N–H and O–H groups in total. The molecule has 2 fully saturated rings. The van der Waals surface area contributed by atoms with Crippen molar-refractivity contribution in [3.8, 4) is 0 Å². The minimum absolute atomic E-state index is 0.988. The Morgan fingerprint density at radius 3 is 2.15 bits per heavy atom. The van der Waals surface area contributed by atoms with E-state index in [0.29, 0.717) is 0 Å². The Morgan fingerprint density at radius 2 is 1.69 bits per heavy atom. The second kappa shape index (κ2) is 3.29. The van der Waals surface area contributed by atoms with Gasteiger partial charge in [-0.3, -0.25) is 0 Å². The van der Waals surface area contributed by atoms with Gasteiger partial charge in [0.2, 0.25) is 0 Å². The number of hydrogen-bond acceptors (Lipinski definition) is 0. The summed E-state index contributed by atoms with van der Waals surface area (Å²) in [6, 6.07) is 0. The molecule has 13 heavy (non-hydrogen) atoms. The summed E-state index contributed by atoms with van der Waals surface area (Å²) in [6.07, 6.45) is 4.44. The molecule has 0 aromatic rings. The highest BCUT2D eigenvalue weighted by Gasteiger charge is 2.50. The Bertz CT molecular complexity index is 184. The summed E-state index contributed by atoms with van der Waals surface area (Å²) in [5, 5.41) is 0. The molecule has 0 heteroatoms. The van der Waals surface area contributed by atoms with E-state index < -0.39 is 0 Å². The van der Waals surface area contributed by atoms with E-state index in [1.54, 1.807) is 6.42 Å². The second-order valence-electron chi connectivity index (χ2n) is 5.68. The van der Waals surface area contributed by atoms with Crippen LogP contribution in [0, 0.1) is 35.5 Å². The third-order valence-corrected chi connectivity index (χ3v) is 4.79. The van der Waals surface area contributed by atoms with Crippen LogP contribution in [0.1, 0.15) is 47.0 Å². The van der Waals surface area contributed by atoms with E-state index in [4.69, 9.17) is 0 Å². The lowest BCUT2D eigenvalue weighted by Gasteiger charge is -2.13. The van der Waals surface area contributed by atoms with Gasteiger partial charge in [0.05, 0.1) is 0 Å². The first-order valence-corrected chi connectivity index (χ1v) is 6.15. The largest absolute Gasteiger partial charge is 0.0651 e. The molecule has 6 unspecified atom stereocenters. The first kappa shape index (κ1) is 9.55. The van der Waals surface area contributed by atoms with Crippen molar-refractivity contribution in [3.05, 3.63) is 0 Å². The van der Waals surface area contributed by atoms with E-state index in [2.05, 4.69) is 27.7 Å². The lowest BCUT2D eigenvalue weighted by atomic mass is 9.93. The van der Waals surface area contributed by atoms with Crippen LogP contribution in [0.2, 0.25) is 0 Å². The van der Waals surface area contributed by atoms with Gasteiger partial charge in [0.15, 0.2) is 0 Å². The van der Waals surface area contributed by atoms with Gasteiger partial charge in [0.25, 0.3) is 0 Å². The maximum atomic E-state index is 2.50. The minimum Gasteiger partial charge on any atom is -0.0651 e. The maximum absolute atomic E-state index is 2.50. The highest BCUT2D eigenvalue weighted by molar-refractivity contribution is 4.99. The molecule has 2 saturated carbocycles. The predicted molar refractivity (Wildman–Crippen MR) is 57.5 cm³/mol. The summed E-state index contributed by atoms with van der Waals surface area (Å²) >= 11 is 0. The van der Waals surface area contributed by atoms with Crippen LogP contribution >= 0.6 is 0 Å². The zero-order chi connectivity index (χ0) is 9.59. The third kappa shape index (κ3) is 1.78. The summed E-state index contributed by atoms with van der Waals surface area (Å²) < 4.78 is 0. The molecule has 0 aromatic carbocycles. The number of rotatable bonds is 4. The summed E-state index contributed by atoms with van der Waals surface area (Å²) in [7, 11) is 0. The molecular weight excluding hydrogens is 156 g/mol. The Labute approximate surface area is 83.1 Å². The highest BCUT2D eigenvalue weighted by Crippen LogP contribution is 2.57. The Morgan fingerprint density at radius 1 is 1.08 bits per heavy atom. The molecule has 2 rings (SSSR count). The molecule has 0 amide bonds. The fourth-order valence-corrected chi connectivity index (χ4v) is 3.20. The monoisotopic (exact) mass is 180 g/mol. The van der Waals surface area contributed by atoms with Crippen LogP contribution in [-0.4, -0.2) is 0 Å². The second-order valence-corrected chi connectivity index (χ2v) is 5.68. The predicted octanol–water partition coefficient (Wildman–Crippen LogP) is 3.96. The van der Waals surface area contributed by atoms with Gasteiger partial charge in [-0.2, -0.15) is 0 Å². The Balaban J connectivity index is 1.78. The van der Waals surface area contributed by atoms with E-state index in [-0.39, 0.29) is 0 Å². The standard InChI is InChI=1S/C13H24/c1-5-8(2)12-7-13(12)10(4)11-6-9(11)3/h8-13H,5-7H2,1-4H3. The van der Waals surface area contributed by atoms with Crippen LogP contribution < -0.4 is 0 Å². The molecule has 0 aromatic heterocycles. The Hall–Kier alpha value is 0. The van der Waals surface area contributed by atoms with Gasteiger partial charge >= 0.3 is 0 Å². The van der Waals surface area contributed by atoms with Crippen molar-refractivity contribution in [1.82, 2.24) is 0 Å². The maximum Gasteiger partial charge on any atom is -0.0352 e. The molecule has 2 aliphatic rings. The average molecular weight is 180 g/mol. The van der Waals surface area contributed by atoms with E-state index in [0.717, 1.165) is 35.5 Å². The van der Waals surface area contributed by atoms with Crippen LogP contribution in [0.5, 0.6) is 0 Å². The van der Waals surface area contributed by atoms with Crippen molar-refractivity contribution in [2.75, 3.05) is 0 Å². The van der Waals surface area contributed by atoms with Gasteiger partial charge in [0.1, 0.15) is 0 Å². The van der Waals surface area contributed by atoms with Gasteiger partial charge < -0.3 is 0 Å². The molecule has 0 saturated heterocycles.